The van der Waals surface area contributed by atoms with Gasteiger partial charge in [-0.05, 0) is 6.92 Å². The predicted octanol–water partition coefficient (Wildman–Crippen LogP) is 0.868. The summed E-state index contributed by atoms with van der Waals surface area (Å²) in [5, 5.41) is 9.66. The minimum absolute atomic E-state index is 0.0475. The van der Waals surface area contributed by atoms with Gasteiger partial charge < -0.3 is 29.6 Å². The highest BCUT2D eigenvalue weighted by Gasteiger charge is 2.45. The van der Waals surface area contributed by atoms with Crippen LogP contribution in [0.5, 0.6) is 5.75 Å². The first-order chi connectivity index (χ1) is 12.5. The van der Waals surface area contributed by atoms with Crippen molar-refractivity contribution in [3.05, 3.63) is 23.0 Å². The number of aldehydes is 1. The van der Waals surface area contributed by atoms with E-state index in [-0.39, 0.29) is 23.1 Å². The van der Waals surface area contributed by atoms with Crippen LogP contribution in [0.15, 0.2) is 6.20 Å². The van der Waals surface area contributed by atoms with Crippen LogP contribution < -0.4 is 0 Å². The quantitative estimate of drug-likeness (QED) is 0.198. The van der Waals surface area contributed by atoms with Crippen molar-refractivity contribution in [3.8, 4) is 5.75 Å². The van der Waals surface area contributed by atoms with E-state index < -0.39 is 43.6 Å². The molecule has 1 rings (SSSR count). The van der Waals surface area contributed by atoms with Crippen LogP contribution in [0, 0.1) is 6.92 Å². The van der Waals surface area contributed by atoms with Gasteiger partial charge in [0.1, 0.15) is 5.75 Å². The van der Waals surface area contributed by atoms with Gasteiger partial charge in [-0.25, -0.2) is 18.3 Å². The van der Waals surface area contributed by atoms with Crippen molar-refractivity contribution < 1.29 is 70.1 Å². The smallest absolute Gasteiger partial charge is 0.490 e. The van der Waals surface area contributed by atoms with Gasteiger partial charge in [0, 0.05) is 11.8 Å². The Hall–Kier alpha value is -0.820. The summed E-state index contributed by atoms with van der Waals surface area (Å²) in [6.45, 7) is 0.387. The molecule has 0 saturated carbocycles. The highest BCUT2D eigenvalue weighted by molar-refractivity contribution is 7.69. The maximum Gasteiger partial charge on any atom is 0.490 e. The van der Waals surface area contributed by atoms with Crippen LogP contribution in [-0.2, 0) is 42.3 Å². The second-order valence-electron chi connectivity index (χ2n) is 4.66. The molecule has 0 bridgehead atoms. The molecule has 0 aliphatic rings. The summed E-state index contributed by atoms with van der Waals surface area (Å²) in [6, 6.07) is 0. The monoisotopic (exact) mass is 487 g/mol. The highest BCUT2D eigenvalue weighted by atomic mass is 31.3. The molecule has 0 saturated heterocycles. The molecule has 0 fully saturated rings. The lowest BCUT2D eigenvalue weighted by molar-refractivity contribution is 0.111. The summed E-state index contributed by atoms with van der Waals surface area (Å²) in [7, 11) is -23.0. The summed E-state index contributed by atoms with van der Waals surface area (Å²) in [6.07, 6.45) is 1.15. The van der Waals surface area contributed by atoms with Gasteiger partial charge in [0.05, 0.1) is 17.9 Å². The van der Waals surface area contributed by atoms with Gasteiger partial charge in [0.2, 0.25) is 0 Å². The number of hydrogen-bond acceptors (Lipinski definition) is 11. The predicted molar refractivity (Wildman–Crippen MR) is 85.6 cm³/mol. The SMILES string of the molecule is Cc1ncc(COP(=O)(O)OP(=O)(O)OP(=O)(O)OP(=O)(O)O)c(C=O)c1O. The molecule has 6 N–H and O–H groups in total. The number of carbonyl (C=O) groups excluding carboxylic acids is 1. The van der Waals surface area contributed by atoms with Crippen LogP contribution >= 0.6 is 31.3 Å². The first-order valence-electron chi connectivity index (χ1n) is 6.42. The molecule has 0 aromatic carbocycles. The third kappa shape index (κ3) is 8.27. The minimum atomic E-state index is -5.93. The number of phosphoric acid groups is 4. The molecule has 0 amide bonds. The normalized spacial score (nSPS) is 18.6. The Kier molecular flexibility index (Phi) is 8.02. The van der Waals surface area contributed by atoms with E-state index in [2.05, 4.69) is 22.4 Å². The average molecular weight is 487 g/mol. The van der Waals surface area contributed by atoms with E-state index in [0.29, 0.717) is 0 Å². The van der Waals surface area contributed by atoms with Gasteiger partial charge >= 0.3 is 31.3 Å². The third-order valence-electron chi connectivity index (χ3n) is 2.48. The number of hydrogen-bond donors (Lipinski definition) is 6. The van der Waals surface area contributed by atoms with Crippen molar-refractivity contribution >= 4 is 37.6 Å². The van der Waals surface area contributed by atoms with E-state index in [1.807, 2.05) is 0 Å². The summed E-state index contributed by atoms with van der Waals surface area (Å²) >= 11 is 0. The van der Waals surface area contributed by atoms with E-state index in [1.54, 1.807) is 0 Å². The number of pyridine rings is 1. The molecule has 0 spiro atoms. The van der Waals surface area contributed by atoms with Crippen molar-refractivity contribution in [2.24, 2.45) is 0 Å². The summed E-state index contributed by atoms with van der Waals surface area (Å²) in [5.74, 6) is -0.559. The number of carbonyl (C=O) groups is 1. The van der Waals surface area contributed by atoms with Gasteiger partial charge in [0.25, 0.3) is 0 Å². The second kappa shape index (κ2) is 8.90. The van der Waals surface area contributed by atoms with Crippen molar-refractivity contribution in [2.45, 2.75) is 13.5 Å². The van der Waals surface area contributed by atoms with Crippen molar-refractivity contribution in [3.63, 3.8) is 0 Å². The second-order valence-corrected chi connectivity index (χ2v) is 10.7. The van der Waals surface area contributed by atoms with E-state index >= 15 is 0 Å². The largest absolute Gasteiger partial charge is 0.505 e. The van der Waals surface area contributed by atoms with Crippen molar-refractivity contribution in [1.82, 2.24) is 4.98 Å². The number of aryl methyl sites for hydroxylation is 1. The molecule has 0 aliphatic carbocycles. The van der Waals surface area contributed by atoms with Gasteiger partial charge in [0.15, 0.2) is 6.29 Å². The molecule has 1 heterocycles. The molecule has 28 heavy (non-hydrogen) atoms. The Labute approximate surface area is 155 Å². The maximum atomic E-state index is 11.7. The maximum absolute atomic E-state index is 11.7. The van der Waals surface area contributed by atoms with E-state index in [0.717, 1.165) is 6.20 Å². The van der Waals surface area contributed by atoms with Crippen molar-refractivity contribution in [1.29, 1.82) is 0 Å². The number of aromatic hydroxyl groups is 1. The lowest BCUT2D eigenvalue weighted by Crippen LogP contribution is -2.02. The standard InChI is InChI=1S/C8H13NO15P4/c1-5-8(11)7(3-10)6(2-9-5)4-21-26(15,16)23-28(19,20)24-27(17,18)22-25(12,13)14/h2-3,11H,4H2,1H3,(H,15,16)(H,17,18)(H,19,20)(H2,12,13,14). The van der Waals surface area contributed by atoms with Crippen LogP contribution in [0.1, 0.15) is 21.6 Å². The number of phosphoric ester groups is 1. The Morgan fingerprint density at radius 2 is 1.46 bits per heavy atom. The minimum Gasteiger partial charge on any atom is -0.505 e. The van der Waals surface area contributed by atoms with E-state index in [4.69, 9.17) is 14.7 Å². The fourth-order valence-corrected chi connectivity index (χ4v) is 5.93. The number of nitrogens with zero attached hydrogens (tertiary/aromatic N) is 1. The van der Waals surface area contributed by atoms with E-state index in [9.17, 15) is 37.9 Å². The lowest BCUT2D eigenvalue weighted by Gasteiger charge is -2.18. The highest BCUT2D eigenvalue weighted by Crippen LogP contribution is 2.70. The molecule has 16 nitrogen and oxygen atoms in total. The topological polar surface area (TPSA) is 257 Å². The fraction of sp³-hybridized carbons (Fsp3) is 0.250. The molecular formula is C8H13NO15P4. The summed E-state index contributed by atoms with van der Waals surface area (Å²) < 4.78 is 59.4. The zero-order valence-corrected chi connectivity index (χ0v) is 17.0. The number of rotatable bonds is 10. The van der Waals surface area contributed by atoms with Crippen LogP contribution in [0.4, 0.5) is 0 Å². The third-order valence-corrected chi connectivity index (χ3v) is 7.91. The molecule has 3 unspecified atom stereocenters. The molecule has 0 aliphatic heterocycles. The fourth-order valence-electron chi connectivity index (χ4n) is 1.50. The van der Waals surface area contributed by atoms with Crippen LogP contribution in [-0.4, -0.2) is 40.8 Å². The molecular weight excluding hydrogens is 474 g/mol. The molecule has 20 heteroatoms. The Morgan fingerprint density at radius 1 is 0.964 bits per heavy atom. The van der Waals surface area contributed by atoms with E-state index in [1.165, 1.54) is 6.92 Å². The van der Waals surface area contributed by atoms with Gasteiger partial charge in [-0.3, -0.25) is 14.3 Å². The zero-order chi connectivity index (χ0) is 22.0. The first kappa shape index (κ1) is 25.2. The molecule has 3 atom stereocenters. The summed E-state index contributed by atoms with van der Waals surface area (Å²) in [4.78, 5) is 58.9. The van der Waals surface area contributed by atoms with Crippen LogP contribution in [0.25, 0.3) is 0 Å². The first-order valence-corrected chi connectivity index (χ1v) is 12.4. The molecule has 1 aromatic rings. The zero-order valence-electron chi connectivity index (χ0n) is 13.5. The Morgan fingerprint density at radius 3 is 1.96 bits per heavy atom. The van der Waals surface area contributed by atoms with Crippen molar-refractivity contribution in [2.75, 3.05) is 0 Å². The molecule has 160 valence electrons. The summed E-state index contributed by atoms with van der Waals surface area (Å²) in [5.41, 5.74) is -0.556. The van der Waals surface area contributed by atoms with Gasteiger partial charge in [-0.15, -0.1) is 0 Å². The lowest BCUT2D eigenvalue weighted by atomic mass is 10.1. The number of aromatic nitrogens is 1. The average Bonchev–Trinajstić information content (AvgIpc) is 2.43. The Bertz CT molecular complexity index is 938. The van der Waals surface area contributed by atoms with Gasteiger partial charge in [-0.2, -0.15) is 12.9 Å². The molecule has 1 aromatic heterocycles. The van der Waals surface area contributed by atoms with Crippen LogP contribution in [0.3, 0.4) is 0 Å². The Balaban J connectivity index is 2.89. The molecule has 0 radical (unpaired) electrons. The van der Waals surface area contributed by atoms with Crippen LogP contribution in [0.2, 0.25) is 0 Å². The van der Waals surface area contributed by atoms with Gasteiger partial charge in [-0.1, -0.05) is 0 Å².